The maximum Gasteiger partial charge on any atom is 0.317 e. The molecule has 1 saturated heterocycles. The van der Waals surface area contributed by atoms with Crippen molar-refractivity contribution in [1.82, 2.24) is 15.1 Å². The second kappa shape index (κ2) is 8.85. The van der Waals surface area contributed by atoms with E-state index in [-0.39, 0.29) is 23.9 Å². The maximum absolute atomic E-state index is 12.4. The smallest absolute Gasteiger partial charge is 0.317 e. The Kier molecular flexibility index (Phi) is 6.50. The van der Waals surface area contributed by atoms with Gasteiger partial charge in [-0.05, 0) is 51.3 Å². The monoisotopic (exact) mass is 373 g/mol. The molecule has 1 amide bonds. The molecule has 0 aromatic heterocycles. The Labute approximate surface area is 161 Å². The van der Waals surface area contributed by atoms with E-state index in [1.165, 1.54) is 5.56 Å². The molecule has 6 heteroatoms. The summed E-state index contributed by atoms with van der Waals surface area (Å²) in [4.78, 5) is 27.5. The minimum Gasteiger partial charge on any atom is -0.480 e. The Hall–Kier alpha value is -1.92. The predicted molar refractivity (Wildman–Crippen MR) is 105 cm³/mol. The van der Waals surface area contributed by atoms with Gasteiger partial charge >= 0.3 is 5.97 Å². The van der Waals surface area contributed by atoms with Crippen molar-refractivity contribution < 1.29 is 14.7 Å². The van der Waals surface area contributed by atoms with Crippen molar-refractivity contribution in [2.75, 3.05) is 39.8 Å². The topological polar surface area (TPSA) is 72.9 Å². The van der Waals surface area contributed by atoms with E-state index < -0.39 is 5.97 Å². The Morgan fingerprint density at radius 3 is 2.63 bits per heavy atom. The summed E-state index contributed by atoms with van der Waals surface area (Å²) in [6.45, 7) is 2.96. The zero-order valence-electron chi connectivity index (χ0n) is 16.2. The molecule has 2 N–H and O–H groups in total. The van der Waals surface area contributed by atoms with E-state index in [4.69, 9.17) is 5.11 Å². The molecular weight excluding hydrogens is 342 g/mol. The van der Waals surface area contributed by atoms with E-state index in [9.17, 15) is 9.59 Å². The lowest BCUT2D eigenvalue weighted by molar-refractivity contribution is -0.138. The molecule has 2 fully saturated rings. The number of nitrogens with one attached hydrogen (secondary N) is 1. The zero-order valence-corrected chi connectivity index (χ0v) is 16.2. The van der Waals surface area contributed by atoms with Crippen molar-refractivity contribution in [1.29, 1.82) is 0 Å². The van der Waals surface area contributed by atoms with Crippen molar-refractivity contribution in [2.24, 2.45) is 0 Å². The highest BCUT2D eigenvalue weighted by atomic mass is 16.4. The first-order valence-electron chi connectivity index (χ1n) is 9.95. The summed E-state index contributed by atoms with van der Waals surface area (Å²) in [5.41, 5.74) is 1.46. The van der Waals surface area contributed by atoms with Gasteiger partial charge in [0.2, 0.25) is 5.91 Å². The van der Waals surface area contributed by atoms with Crippen LogP contribution in [0.5, 0.6) is 0 Å². The summed E-state index contributed by atoms with van der Waals surface area (Å²) in [5.74, 6) is -0.694. The molecule has 1 unspecified atom stereocenters. The number of carbonyl (C=O) groups excluding carboxylic acids is 1. The van der Waals surface area contributed by atoms with Crippen molar-refractivity contribution in [2.45, 2.75) is 43.6 Å². The molecule has 0 spiro atoms. The van der Waals surface area contributed by atoms with Crippen molar-refractivity contribution in [3.63, 3.8) is 0 Å². The molecule has 3 rings (SSSR count). The molecule has 6 nitrogen and oxygen atoms in total. The Bertz CT molecular complexity index is 645. The number of carboxylic acid groups (broad SMARTS) is 1. The third kappa shape index (κ3) is 5.53. The van der Waals surface area contributed by atoms with Crippen LogP contribution in [-0.4, -0.2) is 72.6 Å². The number of hydrogen-bond acceptors (Lipinski definition) is 4. The summed E-state index contributed by atoms with van der Waals surface area (Å²) < 4.78 is 0. The van der Waals surface area contributed by atoms with Gasteiger partial charge in [-0.15, -0.1) is 0 Å². The Morgan fingerprint density at radius 2 is 1.96 bits per heavy atom. The lowest BCUT2D eigenvalue weighted by Gasteiger charge is -2.25. The first kappa shape index (κ1) is 19.8. The molecule has 1 aromatic carbocycles. The number of amides is 1. The molecule has 1 aliphatic heterocycles. The molecule has 1 aliphatic carbocycles. The molecule has 0 bridgehead atoms. The Morgan fingerprint density at radius 1 is 1.22 bits per heavy atom. The van der Waals surface area contributed by atoms with E-state index in [0.717, 1.165) is 45.2 Å². The molecule has 0 radical (unpaired) electrons. The molecule has 2 aliphatic rings. The molecule has 148 valence electrons. The average molecular weight is 373 g/mol. The number of hydrogen-bond donors (Lipinski definition) is 2. The van der Waals surface area contributed by atoms with Gasteiger partial charge in [-0.1, -0.05) is 30.3 Å². The number of likely N-dealkylation sites (tertiary alicyclic amines) is 1. The van der Waals surface area contributed by atoms with Crippen LogP contribution in [0.4, 0.5) is 0 Å². The van der Waals surface area contributed by atoms with E-state index in [0.29, 0.717) is 13.1 Å². The number of benzene rings is 1. The van der Waals surface area contributed by atoms with E-state index in [1.807, 2.05) is 18.0 Å². The molecule has 1 heterocycles. The van der Waals surface area contributed by atoms with Crippen molar-refractivity contribution >= 4 is 11.9 Å². The van der Waals surface area contributed by atoms with Gasteiger partial charge < -0.3 is 10.4 Å². The molecule has 1 atom stereocenters. The number of carbonyl (C=O) groups is 2. The van der Waals surface area contributed by atoms with Crippen molar-refractivity contribution in [3.05, 3.63) is 35.9 Å². The van der Waals surface area contributed by atoms with Gasteiger partial charge in [0.25, 0.3) is 0 Å². The lowest BCUT2D eigenvalue weighted by Crippen LogP contribution is -2.41. The fourth-order valence-corrected chi connectivity index (χ4v) is 4.12. The number of carboxylic acids is 1. The minimum absolute atomic E-state index is 0.0761. The van der Waals surface area contributed by atoms with E-state index in [1.54, 1.807) is 0 Å². The van der Waals surface area contributed by atoms with E-state index in [2.05, 4.69) is 34.5 Å². The van der Waals surface area contributed by atoms with Crippen LogP contribution >= 0.6 is 0 Å². The summed E-state index contributed by atoms with van der Waals surface area (Å²) >= 11 is 0. The number of aliphatic carboxylic acids is 1. The molecule has 1 aromatic rings. The van der Waals surface area contributed by atoms with Crippen LogP contribution in [0.15, 0.2) is 30.3 Å². The number of nitrogens with zero attached hydrogens (tertiary/aromatic N) is 2. The van der Waals surface area contributed by atoms with Crippen molar-refractivity contribution in [3.8, 4) is 0 Å². The van der Waals surface area contributed by atoms with Gasteiger partial charge in [-0.25, -0.2) is 0 Å². The van der Waals surface area contributed by atoms with Crippen LogP contribution in [0.1, 0.15) is 37.7 Å². The summed E-state index contributed by atoms with van der Waals surface area (Å²) in [7, 11) is 1.87. The van der Waals surface area contributed by atoms with Crippen LogP contribution < -0.4 is 5.32 Å². The average Bonchev–Trinajstić information content (AvgIpc) is 3.45. The minimum atomic E-state index is -0.787. The largest absolute Gasteiger partial charge is 0.480 e. The quantitative estimate of drug-likeness (QED) is 0.726. The zero-order chi connectivity index (χ0) is 19.3. The first-order chi connectivity index (χ1) is 13.0. The standard InChI is InChI=1S/C21H31N3O3/c1-23(15-20(26)27)18-8-5-12-24(13-9-18)14-19(25)22-16-21(10-11-21)17-6-3-2-4-7-17/h2-4,6-7,18H,5,8-16H2,1H3,(H,22,25)(H,26,27). The third-order valence-corrected chi connectivity index (χ3v) is 6.03. The normalized spacial score (nSPS) is 22.2. The summed E-state index contributed by atoms with van der Waals surface area (Å²) in [6, 6.07) is 10.7. The fraction of sp³-hybridized carbons (Fsp3) is 0.619. The predicted octanol–water partition coefficient (Wildman–Crippen LogP) is 1.71. The Balaban J connectivity index is 1.43. The molecule has 27 heavy (non-hydrogen) atoms. The highest BCUT2D eigenvalue weighted by Crippen LogP contribution is 2.47. The second-order valence-corrected chi connectivity index (χ2v) is 8.09. The summed E-state index contributed by atoms with van der Waals surface area (Å²) in [5, 5.41) is 12.1. The third-order valence-electron chi connectivity index (χ3n) is 6.03. The second-order valence-electron chi connectivity index (χ2n) is 8.09. The van der Waals surface area contributed by atoms with E-state index >= 15 is 0 Å². The van der Waals surface area contributed by atoms with Gasteiger partial charge in [0.05, 0.1) is 13.1 Å². The van der Waals surface area contributed by atoms with Crippen LogP contribution in [0.2, 0.25) is 0 Å². The summed E-state index contributed by atoms with van der Waals surface area (Å²) in [6.07, 6.45) is 5.16. The number of likely N-dealkylation sites (N-methyl/N-ethyl adjacent to an activating group) is 1. The first-order valence-corrected chi connectivity index (χ1v) is 9.95. The fourth-order valence-electron chi connectivity index (χ4n) is 4.12. The van der Waals surface area contributed by atoms with Crippen LogP contribution in [0, 0.1) is 0 Å². The van der Waals surface area contributed by atoms with Gasteiger partial charge in [0.1, 0.15) is 0 Å². The lowest BCUT2D eigenvalue weighted by atomic mass is 9.96. The number of rotatable bonds is 8. The highest BCUT2D eigenvalue weighted by molar-refractivity contribution is 5.78. The molecule has 1 saturated carbocycles. The van der Waals surface area contributed by atoms with Gasteiger partial charge in [-0.3, -0.25) is 19.4 Å². The van der Waals surface area contributed by atoms with Crippen LogP contribution in [0.25, 0.3) is 0 Å². The maximum atomic E-state index is 12.4. The SMILES string of the molecule is CN(CC(=O)O)C1CCCN(CC(=O)NCC2(c3ccccc3)CC2)CC1. The van der Waals surface area contributed by atoms with Crippen LogP contribution in [-0.2, 0) is 15.0 Å². The van der Waals surface area contributed by atoms with Gasteiger partial charge in [0.15, 0.2) is 0 Å². The molecular formula is C21H31N3O3. The highest BCUT2D eigenvalue weighted by Gasteiger charge is 2.44. The van der Waals surface area contributed by atoms with Crippen LogP contribution in [0.3, 0.4) is 0 Å². The van der Waals surface area contributed by atoms with Gasteiger partial charge in [0, 0.05) is 24.5 Å². The van der Waals surface area contributed by atoms with Gasteiger partial charge in [-0.2, -0.15) is 0 Å².